The number of rotatable bonds is 1. The largest absolute Gasteiger partial charge is 0.318 e. The summed E-state index contributed by atoms with van der Waals surface area (Å²) in [5, 5.41) is 0. The standard InChI is InChI=1S/C13H16FN/c1-4-11(15)5-6-12-10(3)7-9(2)8-13(12)14/h7-8,11H,4,15H2,1-3H3. The lowest BCUT2D eigenvalue weighted by Gasteiger charge is -2.02. The third-order valence-electron chi connectivity index (χ3n) is 2.25. The maximum absolute atomic E-state index is 13.5. The minimum atomic E-state index is -0.261. The Bertz CT molecular complexity index is 389. The second kappa shape index (κ2) is 4.95. The van der Waals surface area contributed by atoms with Gasteiger partial charge in [0.05, 0.1) is 11.6 Å². The first-order valence-corrected chi connectivity index (χ1v) is 5.08. The van der Waals surface area contributed by atoms with Gasteiger partial charge < -0.3 is 5.73 Å². The molecule has 0 aliphatic carbocycles. The average molecular weight is 205 g/mol. The van der Waals surface area contributed by atoms with Gasteiger partial charge in [-0.25, -0.2) is 4.39 Å². The van der Waals surface area contributed by atoms with E-state index in [0.717, 1.165) is 17.5 Å². The Morgan fingerprint density at radius 2 is 2.07 bits per heavy atom. The molecule has 0 heterocycles. The highest BCUT2D eigenvalue weighted by Gasteiger charge is 2.03. The summed E-state index contributed by atoms with van der Waals surface area (Å²) in [5.74, 6) is 5.39. The smallest absolute Gasteiger partial charge is 0.139 e. The molecule has 0 saturated carbocycles. The Morgan fingerprint density at radius 1 is 1.40 bits per heavy atom. The van der Waals surface area contributed by atoms with E-state index in [1.807, 2.05) is 26.8 Å². The highest BCUT2D eigenvalue weighted by molar-refractivity contribution is 5.44. The lowest BCUT2D eigenvalue weighted by Crippen LogP contribution is -2.15. The van der Waals surface area contributed by atoms with Crippen molar-refractivity contribution in [2.75, 3.05) is 0 Å². The maximum atomic E-state index is 13.5. The van der Waals surface area contributed by atoms with Crippen LogP contribution in [0.4, 0.5) is 4.39 Å². The quantitative estimate of drug-likeness (QED) is 0.700. The molecule has 0 aliphatic heterocycles. The fourth-order valence-corrected chi connectivity index (χ4v) is 1.34. The zero-order chi connectivity index (χ0) is 11.4. The molecule has 0 spiro atoms. The first-order valence-electron chi connectivity index (χ1n) is 5.08. The van der Waals surface area contributed by atoms with Crippen molar-refractivity contribution in [3.05, 3.63) is 34.6 Å². The van der Waals surface area contributed by atoms with Crippen LogP contribution in [-0.2, 0) is 0 Å². The van der Waals surface area contributed by atoms with E-state index < -0.39 is 0 Å². The van der Waals surface area contributed by atoms with Crippen LogP contribution in [0.15, 0.2) is 12.1 Å². The Balaban J connectivity index is 3.08. The molecular weight excluding hydrogens is 189 g/mol. The molecular formula is C13H16FN. The number of benzene rings is 1. The van der Waals surface area contributed by atoms with E-state index in [1.54, 1.807) is 0 Å². The zero-order valence-electron chi connectivity index (χ0n) is 9.39. The molecule has 1 aromatic carbocycles. The van der Waals surface area contributed by atoms with Gasteiger partial charge in [0.25, 0.3) is 0 Å². The van der Waals surface area contributed by atoms with Crippen LogP contribution in [0.25, 0.3) is 0 Å². The lowest BCUT2D eigenvalue weighted by atomic mass is 10.0. The van der Waals surface area contributed by atoms with Crippen LogP contribution in [-0.4, -0.2) is 6.04 Å². The van der Waals surface area contributed by atoms with Crippen LogP contribution in [0.5, 0.6) is 0 Å². The van der Waals surface area contributed by atoms with E-state index >= 15 is 0 Å². The van der Waals surface area contributed by atoms with Crippen molar-refractivity contribution in [1.29, 1.82) is 0 Å². The molecule has 0 aliphatic rings. The van der Waals surface area contributed by atoms with E-state index in [1.165, 1.54) is 6.07 Å². The molecule has 2 heteroatoms. The van der Waals surface area contributed by atoms with E-state index in [-0.39, 0.29) is 11.9 Å². The molecule has 1 unspecified atom stereocenters. The average Bonchev–Trinajstić information content (AvgIpc) is 2.15. The van der Waals surface area contributed by atoms with Gasteiger partial charge in [0.15, 0.2) is 0 Å². The predicted molar refractivity (Wildman–Crippen MR) is 61.0 cm³/mol. The Hall–Kier alpha value is -1.33. The number of hydrogen-bond acceptors (Lipinski definition) is 1. The summed E-state index contributed by atoms with van der Waals surface area (Å²) in [4.78, 5) is 0. The van der Waals surface area contributed by atoms with Gasteiger partial charge in [-0.2, -0.15) is 0 Å². The normalized spacial score (nSPS) is 11.8. The Morgan fingerprint density at radius 3 is 2.60 bits per heavy atom. The highest BCUT2D eigenvalue weighted by atomic mass is 19.1. The molecule has 1 rings (SSSR count). The van der Waals surface area contributed by atoms with Crippen molar-refractivity contribution in [2.45, 2.75) is 33.2 Å². The molecule has 0 fully saturated rings. The highest BCUT2D eigenvalue weighted by Crippen LogP contribution is 2.14. The molecule has 80 valence electrons. The van der Waals surface area contributed by atoms with E-state index in [9.17, 15) is 4.39 Å². The van der Waals surface area contributed by atoms with E-state index in [0.29, 0.717) is 5.56 Å². The SMILES string of the molecule is CCC(N)C#Cc1c(C)cc(C)cc1F. The zero-order valence-corrected chi connectivity index (χ0v) is 9.39. The van der Waals surface area contributed by atoms with Crippen LogP contribution >= 0.6 is 0 Å². The van der Waals surface area contributed by atoms with Crippen molar-refractivity contribution < 1.29 is 4.39 Å². The van der Waals surface area contributed by atoms with Gasteiger partial charge in [-0.1, -0.05) is 24.8 Å². The summed E-state index contributed by atoms with van der Waals surface area (Å²) in [7, 11) is 0. The van der Waals surface area contributed by atoms with Crippen LogP contribution in [0.1, 0.15) is 30.0 Å². The van der Waals surface area contributed by atoms with Gasteiger partial charge in [-0.3, -0.25) is 0 Å². The monoisotopic (exact) mass is 205 g/mol. The maximum Gasteiger partial charge on any atom is 0.139 e. The summed E-state index contributed by atoms with van der Waals surface area (Å²) in [6.45, 7) is 5.68. The fraction of sp³-hybridized carbons (Fsp3) is 0.385. The number of hydrogen-bond donors (Lipinski definition) is 1. The second-order valence-corrected chi connectivity index (χ2v) is 3.72. The predicted octanol–water partition coefficient (Wildman–Crippen LogP) is 2.53. The third kappa shape index (κ3) is 3.07. The Labute approximate surface area is 90.5 Å². The molecule has 1 atom stereocenters. The fourth-order valence-electron chi connectivity index (χ4n) is 1.34. The third-order valence-corrected chi connectivity index (χ3v) is 2.25. The molecule has 2 N–H and O–H groups in total. The summed E-state index contributed by atoms with van der Waals surface area (Å²) in [6.07, 6.45) is 0.777. The van der Waals surface area contributed by atoms with Crippen LogP contribution in [0.3, 0.4) is 0 Å². The van der Waals surface area contributed by atoms with Gasteiger partial charge >= 0.3 is 0 Å². The molecule has 0 aromatic heterocycles. The summed E-state index contributed by atoms with van der Waals surface area (Å²) < 4.78 is 13.5. The van der Waals surface area contributed by atoms with E-state index in [2.05, 4.69) is 11.8 Å². The Kier molecular flexibility index (Phi) is 3.88. The van der Waals surface area contributed by atoms with Gasteiger partial charge in [-0.15, -0.1) is 0 Å². The minimum absolute atomic E-state index is 0.176. The van der Waals surface area contributed by atoms with Gasteiger partial charge in [-0.05, 0) is 37.5 Å². The first-order chi connectivity index (χ1) is 7.04. The van der Waals surface area contributed by atoms with Crippen molar-refractivity contribution in [1.82, 2.24) is 0 Å². The molecule has 1 aromatic rings. The first kappa shape index (κ1) is 11.7. The van der Waals surface area contributed by atoms with Gasteiger partial charge in [0, 0.05) is 0 Å². The number of aryl methyl sites for hydroxylation is 2. The van der Waals surface area contributed by atoms with Crippen LogP contribution in [0, 0.1) is 31.5 Å². The van der Waals surface area contributed by atoms with Crippen molar-refractivity contribution >= 4 is 0 Å². The minimum Gasteiger partial charge on any atom is -0.318 e. The number of nitrogens with two attached hydrogens (primary N) is 1. The molecule has 0 saturated heterocycles. The van der Waals surface area contributed by atoms with E-state index in [4.69, 9.17) is 5.73 Å². The topological polar surface area (TPSA) is 26.0 Å². The summed E-state index contributed by atoms with van der Waals surface area (Å²) in [6, 6.07) is 3.24. The van der Waals surface area contributed by atoms with Crippen molar-refractivity contribution in [3.63, 3.8) is 0 Å². The molecule has 15 heavy (non-hydrogen) atoms. The van der Waals surface area contributed by atoms with Gasteiger partial charge in [0.1, 0.15) is 5.82 Å². The molecule has 0 bridgehead atoms. The lowest BCUT2D eigenvalue weighted by molar-refractivity contribution is 0.621. The molecule has 1 nitrogen and oxygen atoms in total. The van der Waals surface area contributed by atoms with Crippen LogP contribution in [0.2, 0.25) is 0 Å². The van der Waals surface area contributed by atoms with Crippen LogP contribution < -0.4 is 5.73 Å². The van der Waals surface area contributed by atoms with Crippen molar-refractivity contribution in [2.24, 2.45) is 5.73 Å². The number of halogens is 1. The summed E-state index contributed by atoms with van der Waals surface area (Å²) >= 11 is 0. The molecule has 0 amide bonds. The van der Waals surface area contributed by atoms with Crippen molar-refractivity contribution in [3.8, 4) is 11.8 Å². The molecule has 0 radical (unpaired) electrons. The van der Waals surface area contributed by atoms with Gasteiger partial charge in [0.2, 0.25) is 0 Å². The second-order valence-electron chi connectivity index (χ2n) is 3.72. The summed E-state index contributed by atoms with van der Waals surface area (Å²) in [5.41, 5.74) is 7.89.